The molecule has 1 atom stereocenters. The minimum absolute atomic E-state index is 0.0461. The van der Waals surface area contributed by atoms with E-state index < -0.39 is 0 Å². The molecule has 1 aliphatic rings. The van der Waals surface area contributed by atoms with E-state index in [1.807, 2.05) is 43.3 Å². The Morgan fingerprint density at radius 1 is 1.20 bits per heavy atom. The van der Waals surface area contributed by atoms with E-state index in [0.717, 1.165) is 15.8 Å². The van der Waals surface area contributed by atoms with Crippen molar-refractivity contribution in [2.24, 2.45) is 0 Å². The number of benzene rings is 2. The standard InChI is InChI=1S/C19H15N3O2S/c1-11-18(23)22-16-10-12(7-8-17(16)25-11)19(24)21-15-6-2-5-14-13(15)4-3-9-20-14/h2-11H,1H3,(H,21,24)(H,22,23). The number of fused-ring (bicyclic) bond motifs is 2. The fourth-order valence-corrected chi connectivity index (χ4v) is 3.69. The summed E-state index contributed by atoms with van der Waals surface area (Å²) in [7, 11) is 0. The predicted molar refractivity (Wildman–Crippen MR) is 100 cm³/mol. The van der Waals surface area contributed by atoms with Crippen molar-refractivity contribution >= 4 is 45.9 Å². The summed E-state index contributed by atoms with van der Waals surface area (Å²) in [5.41, 5.74) is 2.71. The van der Waals surface area contributed by atoms with Gasteiger partial charge in [0, 0.05) is 22.0 Å². The van der Waals surface area contributed by atoms with Gasteiger partial charge in [0.15, 0.2) is 0 Å². The third-order valence-corrected chi connectivity index (χ3v) is 5.24. The molecule has 1 aromatic heterocycles. The third kappa shape index (κ3) is 2.96. The second-order valence-electron chi connectivity index (χ2n) is 5.79. The van der Waals surface area contributed by atoms with E-state index >= 15 is 0 Å². The first-order chi connectivity index (χ1) is 12.1. The summed E-state index contributed by atoms with van der Waals surface area (Å²) in [6.45, 7) is 1.86. The molecule has 1 unspecified atom stereocenters. The molecule has 124 valence electrons. The normalized spacial score (nSPS) is 16.2. The van der Waals surface area contributed by atoms with Crippen molar-refractivity contribution in [3.8, 4) is 0 Å². The zero-order valence-electron chi connectivity index (χ0n) is 13.4. The summed E-state index contributed by atoms with van der Waals surface area (Å²) < 4.78 is 0. The van der Waals surface area contributed by atoms with E-state index in [-0.39, 0.29) is 17.1 Å². The number of thioether (sulfide) groups is 1. The van der Waals surface area contributed by atoms with Crippen LogP contribution in [0.3, 0.4) is 0 Å². The lowest BCUT2D eigenvalue weighted by Gasteiger charge is -2.21. The molecular weight excluding hydrogens is 334 g/mol. The predicted octanol–water partition coefficient (Wildman–Crippen LogP) is 3.92. The number of rotatable bonds is 2. The molecule has 6 heteroatoms. The summed E-state index contributed by atoms with van der Waals surface area (Å²) in [5, 5.41) is 6.53. The van der Waals surface area contributed by atoms with Crippen molar-refractivity contribution in [3.05, 3.63) is 60.3 Å². The van der Waals surface area contributed by atoms with Gasteiger partial charge in [-0.05, 0) is 49.4 Å². The number of hydrogen-bond donors (Lipinski definition) is 2. The molecule has 2 amide bonds. The molecule has 3 aromatic rings. The van der Waals surface area contributed by atoms with Crippen molar-refractivity contribution in [1.82, 2.24) is 4.98 Å². The topological polar surface area (TPSA) is 71.1 Å². The van der Waals surface area contributed by atoms with Crippen LogP contribution in [0.2, 0.25) is 0 Å². The van der Waals surface area contributed by atoms with Crippen LogP contribution < -0.4 is 10.6 Å². The number of hydrogen-bond acceptors (Lipinski definition) is 4. The van der Waals surface area contributed by atoms with Crippen LogP contribution in [0.5, 0.6) is 0 Å². The Kier molecular flexibility index (Phi) is 3.89. The molecule has 4 rings (SSSR count). The first kappa shape index (κ1) is 15.7. The van der Waals surface area contributed by atoms with E-state index in [1.54, 1.807) is 18.3 Å². The van der Waals surface area contributed by atoms with Gasteiger partial charge in [-0.1, -0.05) is 6.07 Å². The molecule has 0 radical (unpaired) electrons. The molecule has 0 fully saturated rings. The van der Waals surface area contributed by atoms with Crippen molar-refractivity contribution in [3.63, 3.8) is 0 Å². The zero-order valence-corrected chi connectivity index (χ0v) is 14.3. The Balaban J connectivity index is 1.63. The minimum atomic E-state index is -0.225. The van der Waals surface area contributed by atoms with Gasteiger partial charge >= 0.3 is 0 Å². The summed E-state index contributed by atoms with van der Waals surface area (Å²) in [6.07, 6.45) is 1.72. The smallest absolute Gasteiger partial charge is 0.255 e. The van der Waals surface area contributed by atoms with Gasteiger partial charge < -0.3 is 10.6 Å². The number of nitrogens with zero attached hydrogens (tertiary/aromatic N) is 1. The zero-order chi connectivity index (χ0) is 17.4. The molecule has 0 aliphatic carbocycles. The van der Waals surface area contributed by atoms with Crippen molar-refractivity contribution in [2.75, 3.05) is 10.6 Å². The Morgan fingerprint density at radius 2 is 2.08 bits per heavy atom. The van der Waals surface area contributed by atoms with E-state index in [0.29, 0.717) is 16.9 Å². The SMILES string of the molecule is CC1Sc2ccc(C(=O)Nc3cccc4ncccc34)cc2NC1=O. The number of anilines is 2. The lowest BCUT2D eigenvalue weighted by molar-refractivity contribution is -0.115. The summed E-state index contributed by atoms with van der Waals surface area (Å²) in [4.78, 5) is 29.7. The van der Waals surface area contributed by atoms with Crippen LogP contribution in [0.1, 0.15) is 17.3 Å². The third-order valence-electron chi connectivity index (χ3n) is 4.07. The van der Waals surface area contributed by atoms with Gasteiger partial charge in [-0.2, -0.15) is 0 Å². The lowest BCUT2D eigenvalue weighted by atomic mass is 10.1. The van der Waals surface area contributed by atoms with Gasteiger partial charge in [0.25, 0.3) is 5.91 Å². The monoisotopic (exact) mass is 349 g/mol. The van der Waals surface area contributed by atoms with Gasteiger partial charge in [-0.3, -0.25) is 14.6 Å². The Morgan fingerprint density at radius 3 is 2.96 bits per heavy atom. The largest absolute Gasteiger partial charge is 0.324 e. The van der Waals surface area contributed by atoms with E-state index in [4.69, 9.17) is 0 Å². The molecule has 2 N–H and O–H groups in total. The van der Waals surface area contributed by atoms with Crippen molar-refractivity contribution < 1.29 is 9.59 Å². The van der Waals surface area contributed by atoms with Crippen LogP contribution in [-0.4, -0.2) is 22.0 Å². The second-order valence-corrected chi connectivity index (χ2v) is 7.17. The quantitative estimate of drug-likeness (QED) is 0.736. The second kappa shape index (κ2) is 6.22. The average Bonchev–Trinajstić information content (AvgIpc) is 2.62. The van der Waals surface area contributed by atoms with Gasteiger partial charge in [0.1, 0.15) is 0 Å². The summed E-state index contributed by atoms with van der Waals surface area (Å²) in [6, 6.07) is 14.7. The molecule has 0 saturated carbocycles. The van der Waals surface area contributed by atoms with Gasteiger partial charge in [0.05, 0.1) is 22.1 Å². The molecule has 25 heavy (non-hydrogen) atoms. The average molecular weight is 349 g/mol. The van der Waals surface area contributed by atoms with Crippen LogP contribution in [0, 0.1) is 0 Å². The lowest BCUT2D eigenvalue weighted by Crippen LogP contribution is -2.26. The highest BCUT2D eigenvalue weighted by atomic mass is 32.2. The first-order valence-electron chi connectivity index (χ1n) is 7.88. The number of nitrogens with one attached hydrogen (secondary N) is 2. The maximum absolute atomic E-state index is 12.6. The molecular formula is C19H15N3O2S. The first-order valence-corrected chi connectivity index (χ1v) is 8.76. The molecule has 2 aromatic carbocycles. The van der Waals surface area contributed by atoms with E-state index in [1.165, 1.54) is 11.8 Å². The number of pyridine rings is 1. The fourth-order valence-electron chi connectivity index (χ4n) is 2.76. The Labute approximate surface area is 148 Å². The maximum Gasteiger partial charge on any atom is 0.255 e. The van der Waals surface area contributed by atoms with Gasteiger partial charge in [-0.25, -0.2) is 0 Å². The maximum atomic E-state index is 12.6. The molecule has 1 aliphatic heterocycles. The van der Waals surface area contributed by atoms with Gasteiger partial charge in [-0.15, -0.1) is 11.8 Å². The number of carbonyl (C=O) groups excluding carboxylic acids is 2. The number of carbonyl (C=O) groups is 2. The molecule has 0 saturated heterocycles. The highest BCUT2D eigenvalue weighted by molar-refractivity contribution is 8.00. The highest BCUT2D eigenvalue weighted by Gasteiger charge is 2.23. The van der Waals surface area contributed by atoms with Crippen LogP contribution in [-0.2, 0) is 4.79 Å². The molecule has 0 spiro atoms. The number of amides is 2. The van der Waals surface area contributed by atoms with E-state index in [9.17, 15) is 9.59 Å². The molecule has 5 nitrogen and oxygen atoms in total. The van der Waals surface area contributed by atoms with E-state index in [2.05, 4.69) is 15.6 Å². The molecule has 2 heterocycles. The van der Waals surface area contributed by atoms with Crippen molar-refractivity contribution in [2.45, 2.75) is 17.1 Å². The molecule has 0 bridgehead atoms. The van der Waals surface area contributed by atoms with Crippen LogP contribution >= 0.6 is 11.8 Å². The summed E-state index contributed by atoms with van der Waals surface area (Å²) in [5.74, 6) is -0.271. The Bertz CT molecular complexity index is 998. The van der Waals surface area contributed by atoms with Crippen LogP contribution in [0.25, 0.3) is 10.9 Å². The van der Waals surface area contributed by atoms with Crippen LogP contribution in [0.15, 0.2) is 59.6 Å². The number of aromatic nitrogens is 1. The van der Waals surface area contributed by atoms with Crippen LogP contribution in [0.4, 0.5) is 11.4 Å². The Hall–Kier alpha value is -2.86. The van der Waals surface area contributed by atoms with Gasteiger partial charge in [0.2, 0.25) is 5.91 Å². The minimum Gasteiger partial charge on any atom is -0.324 e. The fraction of sp³-hybridized carbons (Fsp3) is 0.105. The highest BCUT2D eigenvalue weighted by Crippen LogP contribution is 2.36. The summed E-state index contributed by atoms with van der Waals surface area (Å²) >= 11 is 1.49. The van der Waals surface area contributed by atoms with Crippen molar-refractivity contribution in [1.29, 1.82) is 0 Å².